The highest BCUT2D eigenvalue weighted by molar-refractivity contribution is 5.85. The molecule has 4 N–H and O–H groups in total. The molecule has 0 spiro atoms. The highest BCUT2D eigenvalue weighted by Gasteiger charge is 2.17. The number of rotatable bonds is 11. The van der Waals surface area contributed by atoms with Gasteiger partial charge in [0.15, 0.2) is 17.3 Å². The molecule has 1 fully saturated rings. The molecule has 0 radical (unpaired) electrons. The van der Waals surface area contributed by atoms with Crippen molar-refractivity contribution in [3.8, 4) is 33.6 Å². The average Bonchev–Trinajstić information content (AvgIpc) is 3.77. The lowest BCUT2D eigenvalue weighted by Gasteiger charge is -2.18. The van der Waals surface area contributed by atoms with Crippen LogP contribution in [0.25, 0.3) is 45.4 Å². The highest BCUT2D eigenvalue weighted by Crippen LogP contribution is 2.38. The molecule has 10 nitrogen and oxygen atoms in total. The first-order valence-electron chi connectivity index (χ1n) is 18.4. The summed E-state index contributed by atoms with van der Waals surface area (Å²) >= 11 is 0. The summed E-state index contributed by atoms with van der Waals surface area (Å²) in [6.07, 6.45) is 6.83. The molecule has 1 saturated heterocycles. The summed E-state index contributed by atoms with van der Waals surface area (Å²) in [4.78, 5) is 11.0. The van der Waals surface area contributed by atoms with Crippen molar-refractivity contribution in [2.45, 2.75) is 46.8 Å². The molecule has 278 valence electrons. The van der Waals surface area contributed by atoms with Crippen molar-refractivity contribution in [2.24, 2.45) is 4.99 Å². The highest BCUT2D eigenvalue weighted by atomic mass is 16.3. The molecule has 0 aliphatic carbocycles. The monoisotopic (exact) mass is 722 g/mol. The first kappa shape index (κ1) is 38.2. The van der Waals surface area contributed by atoms with Gasteiger partial charge in [-0.15, -0.1) is 10.2 Å². The fourth-order valence-corrected chi connectivity index (χ4v) is 6.84. The van der Waals surface area contributed by atoms with E-state index in [0.29, 0.717) is 18.9 Å². The van der Waals surface area contributed by atoms with Gasteiger partial charge in [0.05, 0.1) is 12.7 Å². The Morgan fingerprint density at radius 1 is 0.944 bits per heavy atom. The van der Waals surface area contributed by atoms with E-state index < -0.39 is 0 Å². The van der Waals surface area contributed by atoms with Gasteiger partial charge in [0.1, 0.15) is 5.69 Å². The number of β-amino-alcohol motifs (C(OH)–C–C–N with tert-alkyl or cyclic N) is 1. The number of benzene rings is 3. The summed E-state index contributed by atoms with van der Waals surface area (Å²) in [5.74, 6) is 1.47. The van der Waals surface area contributed by atoms with Gasteiger partial charge in [-0.1, -0.05) is 66.2 Å². The molecule has 0 saturated carbocycles. The van der Waals surface area contributed by atoms with E-state index in [4.69, 9.17) is 10.2 Å². The van der Waals surface area contributed by atoms with Crippen LogP contribution in [0.3, 0.4) is 0 Å². The summed E-state index contributed by atoms with van der Waals surface area (Å²) in [5, 5.41) is 33.6. The van der Waals surface area contributed by atoms with Crippen LogP contribution < -0.4 is 10.6 Å². The maximum absolute atomic E-state index is 9.00. The number of aliphatic hydroxyl groups is 2. The Kier molecular flexibility index (Phi) is 12.4. The van der Waals surface area contributed by atoms with E-state index >= 15 is 0 Å². The minimum absolute atomic E-state index is 0.0509. The number of aliphatic imine (C=N–C) groups is 1. The standard InChI is InChI=1S/C39H39N7O.C5H11NO/c1-25(2)22-31-16-18-42-38(37(31)40-5)43-35-11-7-10-34(27(35)4)33-9-6-8-32(26(33)3)30-17-20-46-36(23-30)44-45-39(46)29-14-12-28(13-15-29)24-41-19-21-47;1-6-3-2-5(7)4-6/h6-18,20,22-23,41,47H,5,19,21,24H2,1-4H3,(H,42,43);5,7H,2-4H2,1H3/t;5-/m.1/s1. The summed E-state index contributed by atoms with van der Waals surface area (Å²) in [5.41, 5.74) is 13.6. The fraction of sp³-hybridized carbons (Fsp3) is 0.273. The largest absolute Gasteiger partial charge is 0.395 e. The number of allylic oxidation sites excluding steroid dienone is 1. The van der Waals surface area contributed by atoms with Crippen molar-refractivity contribution >= 4 is 35.6 Å². The van der Waals surface area contributed by atoms with Crippen molar-refractivity contribution in [1.82, 2.24) is 29.8 Å². The maximum atomic E-state index is 9.00. The number of nitrogens with zero attached hydrogens (tertiary/aromatic N) is 6. The number of hydrogen-bond donors (Lipinski definition) is 4. The Bertz CT molecular complexity index is 2250. The fourth-order valence-electron chi connectivity index (χ4n) is 6.84. The number of likely N-dealkylation sites (N-methyl/N-ethyl adjacent to an activating group) is 1. The molecule has 1 aliphatic heterocycles. The van der Waals surface area contributed by atoms with E-state index in [0.717, 1.165) is 86.9 Å². The van der Waals surface area contributed by atoms with E-state index in [1.807, 2.05) is 23.7 Å². The predicted octanol–water partition coefficient (Wildman–Crippen LogP) is 8.01. The Morgan fingerprint density at radius 2 is 1.69 bits per heavy atom. The molecule has 7 rings (SSSR count). The van der Waals surface area contributed by atoms with E-state index in [2.05, 4.69) is 149 Å². The quantitative estimate of drug-likeness (QED) is 0.0784. The molecule has 0 unspecified atom stereocenters. The summed E-state index contributed by atoms with van der Waals surface area (Å²) < 4.78 is 2.02. The Labute approximate surface area is 318 Å². The zero-order valence-corrected chi connectivity index (χ0v) is 31.8. The van der Waals surface area contributed by atoms with Crippen molar-refractivity contribution < 1.29 is 10.2 Å². The van der Waals surface area contributed by atoms with Gasteiger partial charge in [-0.3, -0.25) is 9.39 Å². The van der Waals surface area contributed by atoms with Gasteiger partial charge in [0.25, 0.3) is 0 Å². The minimum Gasteiger partial charge on any atom is -0.395 e. The molecule has 3 aromatic carbocycles. The Morgan fingerprint density at radius 3 is 2.35 bits per heavy atom. The van der Waals surface area contributed by atoms with Gasteiger partial charge >= 0.3 is 0 Å². The number of hydrogen-bond acceptors (Lipinski definition) is 9. The third-order valence-corrected chi connectivity index (χ3v) is 9.69. The molecule has 0 bridgehead atoms. The zero-order valence-electron chi connectivity index (χ0n) is 31.8. The van der Waals surface area contributed by atoms with Crippen molar-refractivity contribution in [3.63, 3.8) is 0 Å². The molecule has 10 heteroatoms. The van der Waals surface area contributed by atoms with Gasteiger partial charge in [0.2, 0.25) is 0 Å². The van der Waals surface area contributed by atoms with Gasteiger partial charge in [-0.2, -0.15) is 0 Å². The molecule has 6 aromatic rings. The smallest absolute Gasteiger partial charge is 0.168 e. The normalized spacial score (nSPS) is 14.1. The van der Waals surface area contributed by atoms with Crippen LogP contribution in [0.15, 0.2) is 102 Å². The molecule has 1 atom stereocenters. The predicted molar refractivity (Wildman–Crippen MR) is 222 cm³/mol. The number of anilines is 2. The molecule has 4 heterocycles. The van der Waals surface area contributed by atoms with Crippen LogP contribution in [0.5, 0.6) is 0 Å². The number of aromatic nitrogens is 4. The number of likely N-dealkylation sites (tertiary alicyclic amines) is 1. The van der Waals surface area contributed by atoms with E-state index in [-0.39, 0.29) is 12.7 Å². The summed E-state index contributed by atoms with van der Waals surface area (Å²) in [7, 11) is 2.02. The van der Waals surface area contributed by atoms with Gasteiger partial charge in [-0.25, -0.2) is 4.98 Å². The van der Waals surface area contributed by atoms with Gasteiger partial charge < -0.3 is 25.7 Å². The third kappa shape index (κ3) is 8.81. The lowest BCUT2D eigenvalue weighted by molar-refractivity contribution is 0.183. The third-order valence-electron chi connectivity index (χ3n) is 9.69. The van der Waals surface area contributed by atoms with Crippen LogP contribution in [0.2, 0.25) is 0 Å². The maximum Gasteiger partial charge on any atom is 0.168 e. The van der Waals surface area contributed by atoms with Crippen LogP contribution in [0.1, 0.15) is 42.5 Å². The van der Waals surface area contributed by atoms with Gasteiger partial charge in [0, 0.05) is 55.4 Å². The molecular formula is C44H50N8O2. The minimum atomic E-state index is -0.0509. The van der Waals surface area contributed by atoms with Crippen LogP contribution >= 0.6 is 0 Å². The van der Waals surface area contributed by atoms with Crippen LogP contribution in [-0.2, 0) is 6.54 Å². The van der Waals surface area contributed by atoms with Crippen molar-refractivity contribution in [2.75, 3.05) is 38.6 Å². The Hall–Kier alpha value is -5.52. The second-order valence-electron chi connectivity index (χ2n) is 14.0. The SMILES string of the molecule is C=Nc1c(C=C(C)C)ccnc1Nc1cccc(-c2cccc(-c3ccn4c(-c5ccc(CNCCO)cc5)nnc4c3)c2C)c1C.CN1CC[C@@H](O)C1. The zero-order chi connectivity index (χ0) is 38.2. The first-order valence-corrected chi connectivity index (χ1v) is 18.4. The number of pyridine rings is 2. The average molecular weight is 723 g/mol. The van der Waals surface area contributed by atoms with Crippen LogP contribution in [0.4, 0.5) is 17.2 Å². The number of aliphatic hydroxyl groups excluding tert-OH is 2. The summed E-state index contributed by atoms with van der Waals surface area (Å²) in [6, 6.07) is 27.2. The van der Waals surface area contributed by atoms with Crippen LogP contribution in [0, 0.1) is 13.8 Å². The van der Waals surface area contributed by atoms with Crippen molar-refractivity contribution in [3.05, 3.63) is 119 Å². The van der Waals surface area contributed by atoms with E-state index in [1.165, 1.54) is 11.1 Å². The lowest BCUT2D eigenvalue weighted by Crippen LogP contribution is -2.17. The molecule has 54 heavy (non-hydrogen) atoms. The summed E-state index contributed by atoms with van der Waals surface area (Å²) in [6.45, 7) is 15.6. The topological polar surface area (TPSA) is 123 Å². The van der Waals surface area contributed by atoms with E-state index in [9.17, 15) is 0 Å². The molecule has 1 aliphatic rings. The number of fused-ring (bicyclic) bond motifs is 1. The Balaban J connectivity index is 0.000000639. The lowest BCUT2D eigenvalue weighted by atomic mass is 9.90. The molecule has 0 amide bonds. The van der Waals surface area contributed by atoms with E-state index in [1.54, 1.807) is 6.20 Å². The number of nitrogens with one attached hydrogen (secondary N) is 2. The van der Waals surface area contributed by atoms with Crippen LogP contribution in [-0.4, -0.2) is 80.8 Å². The van der Waals surface area contributed by atoms with Gasteiger partial charge in [-0.05, 0) is 111 Å². The second kappa shape index (κ2) is 17.5. The second-order valence-corrected chi connectivity index (χ2v) is 14.0. The first-order chi connectivity index (χ1) is 26.2. The molecular weight excluding hydrogens is 673 g/mol. The van der Waals surface area contributed by atoms with Crippen molar-refractivity contribution in [1.29, 1.82) is 0 Å². The molecule has 3 aromatic heterocycles.